The lowest BCUT2D eigenvalue weighted by Gasteiger charge is -2.22. The molecule has 2 aromatic carbocycles. The van der Waals surface area contributed by atoms with Gasteiger partial charge in [0.1, 0.15) is 5.75 Å². The van der Waals surface area contributed by atoms with Crippen molar-refractivity contribution >= 4 is 40.4 Å². The van der Waals surface area contributed by atoms with Crippen LogP contribution in [0.2, 0.25) is 0 Å². The zero-order chi connectivity index (χ0) is 22.9. The van der Waals surface area contributed by atoms with Gasteiger partial charge in [0.15, 0.2) is 0 Å². The van der Waals surface area contributed by atoms with E-state index < -0.39 is 12.3 Å². The van der Waals surface area contributed by atoms with Crippen LogP contribution >= 0.6 is 11.9 Å². The number of carbonyl (C=O) groups excluding carboxylic acids is 2. The molecule has 32 heavy (non-hydrogen) atoms. The van der Waals surface area contributed by atoms with Crippen LogP contribution < -0.4 is 14.8 Å². The van der Waals surface area contributed by atoms with Crippen LogP contribution in [-0.4, -0.2) is 23.2 Å². The summed E-state index contributed by atoms with van der Waals surface area (Å²) in [5.41, 5.74) is 2.77. The van der Waals surface area contributed by atoms with Crippen LogP contribution in [0, 0.1) is 6.92 Å². The number of hydrogen-bond acceptors (Lipinski definition) is 6. The molecule has 6 nitrogen and oxygen atoms in total. The van der Waals surface area contributed by atoms with Gasteiger partial charge in [-0.3, -0.25) is 19.9 Å². The van der Waals surface area contributed by atoms with E-state index in [9.17, 15) is 22.8 Å². The van der Waals surface area contributed by atoms with Crippen LogP contribution in [0.1, 0.15) is 30.0 Å². The minimum Gasteiger partial charge on any atom is -0.405 e. The maximum atomic E-state index is 12.6. The zero-order valence-corrected chi connectivity index (χ0v) is 17.6. The summed E-state index contributed by atoms with van der Waals surface area (Å²) in [6.07, 6.45) is -4.05. The van der Waals surface area contributed by atoms with Crippen LogP contribution in [0.5, 0.6) is 5.75 Å². The Balaban J connectivity index is 1.54. The highest BCUT2D eigenvalue weighted by Crippen LogP contribution is 2.35. The molecule has 2 N–H and O–H groups in total. The van der Waals surface area contributed by atoms with E-state index in [1.807, 2.05) is 12.1 Å². The summed E-state index contributed by atoms with van der Waals surface area (Å²) in [5.74, 6) is -1.31. The first kappa shape index (κ1) is 21.9. The van der Waals surface area contributed by atoms with Crippen molar-refractivity contribution in [2.24, 2.45) is 0 Å². The predicted octanol–water partition coefficient (Wildman–Crippen LogP) is 5.08. The number of hydrogen-bond donors (Lipinski definition) is 2. The van der Waals surface area contributed by atoms with Gasteiger partial charge in [-0.2, -0.15) is 0 Å². The molecule has 1 atom stereocenters. The second-order valence-corrected chi connectivity index (χ2v) is 8.12. The average molecular weight is 461 g/mol. The van der Waals surface area contributed by atoms with Crippen molar-refractivity contribution in [3.8, 4) is 5.75 Å². The number of amides is 2. The van der Waals surface area contributed by atoms with Gasteiger partial charge in [-0.05, 0) is 61.2 Å². The fourth-order valence-electron chi connectivity index (χ4n) is 3.54. The number of nitrogens with one attached hydrogen (secondary N) is 2. The van der Waals surface area contributed by atoms with Crippen molar-refractivity contribution in [2.75, 3.05) is 4.72 Å². The Morgan fingerprint density at radius 1 is 1.16 bits per heavy atom. The molecule has 4 rings (SSSR count). The van der Waals surface area contributed by atoms with Crippen LogP contribution in [-0.2, 0) is 9.59 Å². The number of para-hydroxylation sites is 1. The Morgan fingerprint density at radius 2 is 1.94 bits per heavy atom. The largest absolute Gasteiger partial charge is 0.573 e. The number of aromatic nitrogens is 1. The number of pyridine rings is 1. The molecule has 1 aliphatic rings. The minimum atomic E-state index is -4.78. The van der Waals surface area contributed by atoms with Gasteiger partial charge >= 0.3 is 6.36 Å². The number of piperidine rings is 1. The summed E-state index contributed by atoms with van der Waals surface area (Å²) in [4.78, 5) is 28.5. The third-order valence-electron chi connectivity index (χ3n) is 5.02. The molecule has 1 aliphatic heterocycles. The number of fused-ring (bicyclic) bond motifs is 1. The second kappa shape index (κ2) is 8.70. The van der Waals surface area contributed by atoms with Gasteiger partial charge in [-0.25, -0.2) is 0 Å². The zero-order valence-electron chi connectivity index (χ0n) is 16.8. The van der Waals surface area contributed by atoms with Crippen LogP contribution in [0.15, 0.2) is 53.4 Å². The maximum absolute atomic E-state index is 12.6. The Bertz CT molecular complexity index is 1200. The summed E-state index contributed by atoms with van der Waals surface area (Å²) < 4.78 is 44.9. The van der Waals surface area contributed by atoms with Gasteiger partial charge in [0.25, 0.3) is 0 Å². The Kier molecular flexibility index (Phi) is 5.96. The summed E-state index contributed by atoms with van der Waals surface area (Å²) in [7, 11) is 0. The lowest BCUT2D eigenvalue weighted by Crippen LogP contribution is -2.39. The van der Waals surface area contributed by atoms with Gasteiger partial charge in [-0.15, -0.1) is 13.2 Å². The molecule has 0 aliphatic carbocycles. The van der Waals surface area contributed by atoms with Gasteiger partial charge < -0.3 is 9.46 Å². The Labute approximate surface area is 185 Å². The first-order valence-electron chi connectivity index (χ1n) is 9.72. The number of nitrogens with zero attached hydrogens (tertiary/aromatic N) is 1. The topological polar surface area (TPSA) is 80.3 Å². The molecule has 2 amide bonds. The Morgan fingerprint density at radius 3 is 2.69 bits per heavy atom. The molecule has 0 radical (unpaired) electrons. The smallest absolute Gasteiger partial charge is 0.405 e. The van der Waals surface area contributed by atoms with Crippen molar-refractivity contribution in [3.63, 3.8) is 0 Å². The molecule has 10 heteroatoms. The highest BCUT2D eigenvalue weighted by molar-refractivity contribution is 8.00. The van der Waals surface area contributed by atoms with Crippen molar-refractivity contribution in [2.45, 2.75) is 36.9 Å². The van der Waals surface area contributed by atoms with Gasteiger partial charge in [0.05, 0.1) is 16.3 Å². The van der Waals surface area contributed by atoms with E-state index in [1.54, 1.807) is 25.1 Å². The van der Waals surface area contributed by atoms with E-state index in [1.165, 1.54) is 18.2 Å². The molecule has 3 aromatic rings. The first-order chi connectivity index (χ1) is 15.2. The van der Waals surface area contributed by atoms with E-state index in [0.29, 0.717) is 23.3 Å². The number of anilines is 1. The molecular weight excluding hydrogens is 443 g/mol. The summed E-state index contributed by atoms with van der Waals surface area (Å²) in [6.45, 7) is 1.80. The normalized spacial score (nSPS) is 16.7. The molecule has 1 unspecified atom stereocenters. The first-order valence-corrected chi connectivity index (χ1v) is 10.5. The Hall–Kier alpha value is -3.27. The predicted molar refractivity (Wildman–Crippen MR) is 114 cm³/mol. The number of aryl methyl sites for hydroxylation is 1. The van der Waals surface area contributed by atoms with Gasteiger partial charge in [-0.1, -0.05) is 18.2 Å². The summed E-state index contributed by atoms with van der Waals surface area (Å²) in [6, 6.07) is 13.1. The standard InChI is InChI=1S/C22H18F3N3O3S/c1-12-16(15-8-9-20(29)27-21(15)30)10-13-6-7-14(11-17(13)26-12)28-32-19-5-3-2-4-18(19)31-22(23,24)25/h2-7,10-11,15,28H,8-9H2,1H3,(H,27,29,30). The van der Waals surface area contributed by atoms with Crippen LogP contribution in [0.4, 0.5) is 18.9 Å². The second-order valence-electron chi connectivity index (χ2n) is 7.27. The van der Waals surface area contributed by atoms with E-state index >= 15 is 0 Å². The van der Waals surface area contributed by atoms with Crippen molar-refractivity contribution < 1.29 is 27.5 Å². The van der Waals surface area contributed by atoms with E-state index in [0.717, 1.165) is 22.9 Å². The molecule has 1 fully saturated rings. The molecule has 0 bridgehead atoms. The van der Waals surface area contributed by atoms with E-state index in [-0.39, 0.29) is 28.9 Å². The number of alkyl halides is 3. The quantitative estimate of drug-likeness (QED) is 0.407. The van der Waals surface area contributed by atoms with Crippen LogP contribution in [0.25, 0.3) is 10.9 Å². The molecule has 1 aromatic heterocycles. The summed E-state index contributed by atoms with van der Waals surface area (Å²) >= 11 is 0.992. The minimum absolute atomic E-state index is 0.270. The molecule has 0 spiro atoms. The van der Waals surface area contributed by atoms with Crippen molar-refractivity contribution in [1.29, 1.82) is 0 Å². The van der Waals surface area contributed by atoms with E-state index in [2.05, 4.69) is 19.8 Å². The lowest BCUT2D eigenvalue weighted by atomic mass is 9.89. The lowest BCUT2D eigenvalue weighted by molar-refractivity contribution is -0.275. The van der Waals surface area contributed by atoms with Gasteiger partial charge in [0, 0.05) is 23.2 Å². The molecule has 0 saturated carbocycles. The number of rotatable bonds is 5. The number of imide groups is 1. The number of benzene rings is 2. The molecule has 2 heterocycles. The molecule has 1 saturated heterocycles. The third kappa shape index (κ3) is 4.96. The average Bonchev–Trinajstić information content (AvgIpc) is 2.72. The number of halogens is 3. The number of ether oxygens (including phenoxy) is 1. The fourth-order valence-corrected chi connectivity index (χ4v) is 4.26. The fraction of sp³-hybridized carbons (Fsp3) is 0.227. The van der Waals surface area contributed by atoms with Crippen LogP contribution in [0.3, 0.4) is 0 Å². The maximum Gasteiger partial charge on any atom is 0.573 e. The monoisotopic (exact) mass is 461 g/mol. The van der Waals surface area contributed by atoms with Crippen molar-refractivity contribution in [1.82, 2.24) is 10.3 Å². The molecular formula is C22H18F3N3O3S. The highest BCUT2D eigenvalue weighted by atomic mass is 32.2. The van der Waals surface area contributed by atoms with Crippen molar-refractivity contribution in [3.05, 3.63) is 59.8 Å². The highest BCUT2D eigenvalue weighted by Gasteiger charge is 2.32. The summed E-state index contributed by atoms with van der Waals surface area (Å²) in [5, 5.41) is 3.18. The molecule has 166 valence electrons. The number of carbonyl (C=O) groups is 2. The van der Waals surface area contributed by atoms with E-state index in [4.69, 9.17) is 0 Å². The third-order valence-corrected chi connectivity index (χ3v) is 5.91. The van der Waals surface area contributed by atoms with Gasteiger partial charge in [0.2, 0.25) is 11.8 Å². The SMILES string of the molecule is Cc1nc2cc(NSc3ccccc3OC(F)(F)F)ccc2cc1C1CCC(=O)NC1=O.